The van der Waals surface area contributed by atoms with Gasteiger partial charge in [-0.2, -0.15) is 0 Å². The summed E-state index contributed by atoms with van der Waals surface area (Å²) in [6.45, 7) is 0.717. The lowest BCUT2D eigenvalue weighted by molar-refractivity contribution is 0.0719. The monoisotopic (exact) mass is 320 g/mol. The second-order valence-corrected chi connectivity index (χ2v) is 5.71. The van der Waals surface area contributed by atoms with Gasteiger partial charge in [-0.15, -0.1) is 0 Å². The van der Waals surface area contributed by atoms with Crippen LogP contribution in [0.4, 0.5) is 0 Å². The summed E-state index contributed by atoms with van der Waals surface area (Å²) in [5, 5.41) is 0. The van der Waals surface area contributed by atoms with Crippen molar-refractivity contribution in [2.24, 2.45) is 0 Å². The molecule has 4 heterocycles. The molecule has 0 unspecified atom stereocenters. The maximum atomic E-state index is 12.8. The maximum absolute atomic E-state index is 12.8. The molecular formula is C18H16N4O2. The van der Waals surface area contributed by atoms with Gasteiger partial charge in [-0.3, -0.25) is 9.78 Å². The van der Waals surface area contributed by atoms with Crippen molar-refractivity contribution in [1.82, 2.24) is 19.9 Å². The number of hydrogen-bond donors (Lipinski definition) is 0. The van der Waals surface area contributed by atoms with Gasteiger partial charge in [0, 0.05) is 36.9 Å². The number of nitrogens with zero attached hydrogens (tertiary/aromatic N) is 4. The largest absolute Gasteiger partial charge is 0.467 e. The normalized spacial score (nSPS) is 17.2. The van der Waals surface area contributed by atoms with E-state index in [2.05, 4.69) is 15.0 Å². The zero-order valence-corrected chi connectivity index (χ0v) is 13.0. The molecule has 3 aromatic heterocycles. The lowest BCUT2D eigenvalue weighted by atomic mass is 10.1. The summed E-state index contributed by atoms with van der Waals surface area (Å²) in [6, 6.07) is 7.47. The topological polar surface area (TPSA) is 72.1 Å². The van der Waals surface area contributed by atoms with E-state index in [1.54, 1.807) is 31.1 Å². The van der Waals surface area contributed by atoms with E-state index in [0.29, 0.717) is 17.9 Å². The van der Waals surface area contributed by atoms with Gasteiger partial charge in [0.15, 0.2) is 5.82 Å². The Balaban J connectivity index is 1.56. The molecule has 1 atom stereocenters. The highest BCUT2D eigenvalue weighted by atomic mass is 16.3. The van der Waals surface area contributed by atoms with Gasteiger partial charge in [-0.1, -0.05) is 0 Å². The van der Waals surface area contributed by atoms with E-state index in [1.165, 1.54) is 0 Å². The smallest absolute Gasteiger partial charge is 0.257 e. The van der Waals surface area contributed by atoms with Crippen molar-refractivity contribution >= 4 is 5.91 Å². The standard InChI is InChI=1S/C18H16N4O2/c23-18(22-8-2-5-15(22)16-6-3-9-24-16)14-11-20-17(21-12-14)13-4-1-7-19-10-13/h1,3-4,6-7,9-12,15H,2,5,8H2/t15-/m0/s1. The van der Waals surface area contributed by atoms with Gasteiger partial charge in [0.1, 0.15) is 5.76 Å². The molecule has 0 spiro atoms. The van der Waals surface area contributed by atoms with Crippen LogP contribution in [0.15, 0.2) is 59.7 Å². The van der Waals surface area contributed by atoms with Crippen LogP contribution in [0.1, 0.15) is 35.0 Å². The average Bonchev–Trinajstić information content (AvgIpc) is 3.33. The van der Waals surface area contributed by atoms with E-state index in [1.807, 2.05) is 29.2 Å². The first-order valence-electron chi connectivity index (χ1n) is 7.90. The molecule has 24 heavy (non-hydrogen) atoms. The number of carbonyl (C=O) groups excluding carboxylic acids is 1. The van der Waals surface area contributed by atoms with E-state index >= 15 is 0 Å². The fourth-order valence-corrected chi connectivity index (χ4v) is 3.03. The third-order valence-corrected chi connectivity index (χ3v) is 4.20. The van der Waals surface area contributed by atoms with Crippen LogP contribution >= 0.6 is 0 Å². The minimum Gasteiger partial charge on any atom is -0.467 e. The molecule has 1 aliphatic rings. The van der Waals surface area contributed by atoms with Crippen molar-refractivity contribution in [2.75, 3.05) is 6.54 Å². The summed E-state index contributed by atoms with van der Waals surface area (Å²) in [4.78, 5) is 27.3. The maximum Gasteiger partial charge on any atom is 0.257 e. The van der Waals surface area contributed by atoms with E-state index in [-0.39, 0.29) is 11.9 Å². The summed E-state index contributed by atoms with van der Waals surface area (Å²) in [5.74, 6) is 1.32. The number of rotatable bonds is 3. The van der Waals surface area contributed by atoms with Gasteiger partial charge in [-0.05, 0) is 37.1 Å². The summed E-state index contributed by atoms with van der Waals surface area (Å²) in [6.07, 6.45) is 10.1. The SMILES string of the molecule is O=C(c1cnc(-c2cccnc2)nc1)N1CCC[C@H]1c1ccco1. The molecule has 1 fully saturated rings. The van der Waals surface area contributed by atoms with Crippen LogP contribution in [0, 0.1) is 0 Å². The Kier molecular flexibility index (Phi) is 3.78. The second-order valence-electron chi connectivity index (χ2n) is 5.71. The molecule has 6 heteroatoms. The Morgan fingerprint density at radius 2 is 2.04 bits per heavy atom. The van der Waals surface area contributed by atoms with Gasteiger partial charge in [-0.25, -0.2) is 9.97 Å². The number of carbonyl (C=O) groups is 1. The molecule has 0 N–H and O–H groups in total. The van der Waals surface area contributed by atoms with Crippen molar-refractivity contribution in [2.45, 2.75) is 18.9 Å². The molecule has 120 valence electrons. The van der Waals surface area contributed by atoms with Crippen LogP contribution in [0.2, 0.25) is 0 Å². The average molecular weight is 320 g/mol. The first-order valence-corrected chi connectivity index (χ1v) is 7.90. The van der Waals surface area contributed by atoms with Crippen molar-refractivity contribution in [3.8, 4) is 11.4 Å². The van der Waals surface area contributed by atoms with E-state index < -0.39 is 0 Å². The number of furan rings is 1. The van der Waals surface area contributed by atoms with Crippen LogP contribution in [-0.4, -0.2) is 32.3 Å². The number of pyridine rings is 1. The summed E-state index contributed by atoms with van der Waals surface area (Å²) in [7, 11) is 0. The lowest BCUT2D eigenvalue weighted by Gasteiger charge is -2.22. The third-order valence-electron chi connectivity index (χ3n) is 4.20. The fraction of sp³-hybridized carbons (Fsp3) is 0.222. The van der Waals surface area contributed by atoms with Gasteiger partial charge in [0.25, 0.3) is 5.91 Å². The van der Waals surface area contributed by atoms with Crippen LogP contribution in [0.25, 0.3) is 11.4 Å². The van der Waals surface area contributed by atoms with Gasteiger partial charge in [0.05, 0.1) is 17.9 Å². The van der Waals surface area contributed by atoms with Crippen molar-refractivity contribution in [3.63, 3.8) is 0 Å². The minimum atomic E-state index is -0.0633. The van der Waals surface area contributed by atoms with Crippen LogP contribution in [0.3, 0.4) is 0 Å². The minimum absolute atomic E-state index is 0.00880. The Labute approximate surface area is 139 Å². The fourth-order valence-electron chi connectivity index (χ4n) is 3.03. The Hall–Kier alpha value is -3.02. The van der Waals surface area contributed by atoms with E-state index in [0.717, 1.165) is 24.2 Å². The molecule has 0 aliphatic carbocycles. The molecule has 4 rings (SSSR count). The van der Waals surface area contributed by atoms with E-state index in [9.17, 15) is 4.79 Å². The molecule has 0 radical (unpaired) electrons. The molecule has 1 aliphatic heterocycles. The predicted molar refractivity (Wildman–Crippen MR) is 87.0 cm³/mol. The summed E-state index contributed by atoms with van der Waals surface area (Å²) in [5.41, 5.74) is 1.31. The van der Waals surface area contributed by atoms with Crippen LogP contribution < -0.4 is 0 Å². The highest BCUT2D eigenvalue weighted by Gasteiger charge is 2.32. The number of likely N-dealkylation sites (tertiary alicyclic amines) is 1. The molecule has 0 bridgehead atoms. The molecule has 1 amide bonds. The van der Waals surface area contributed by atoms with Gasteiger partial charge < -0.3 is 9.32 Å². The molecule has 6 nitrogen and oxygen atoms in total. The molecule has 0 saturated carbocycles. The van der Waals surface area contributed by atoms with Crippen molar-refractivity contribution in [3.05, 3.63) is 66.6 Å². The molecule has 0 aromatic carbocycles. The van der Waals surface area contributed by atoms with Gasteiger partial charge >= 0.3 is 0 Å². The quantitative estimate of drug-likeness (QED) is 0.741. The number of hydrogen-bond acceptors (Lipinski definition) is 5. The number of amides is 1. The first-order chi connectivity index (χ1) is 11.8. The molecule has 3 aromatic rings. The van der Waals surface area contributed by atoms with Gasteiger partial charge in [0.2, 0.25) is 0 Å². The summed E-state index contributed by atoms with van der Waals surface area (Å²) >= 11 is 0. The van der Waals surface area contributed by atoms with Crippen LogP contribution in [0.5, 0.6) is 0 Å². The predicted octanol–water partition coefficient (Wildman–Crippen LogP) is 3.11. The lowest BCUT2D eigenvalue weighted by Crippen LogP contribution is -2.30. The second kappa shape index (κ2) is 6.23. The highest BCUT2D eigenvalue weighted by molar-refractivity contribution is 5.94. The molecular weight excluding hydrogens is 304 g/mol. The first kappa shape index (κ1) is 14.6. The van der Waals surface area contributed by atoms with Crippen LogP contribution in [-0.2, 0) is 0 Å². The Morgan fingerprint density at radius 1 is 1.17 bits per heavy atom. The zero-order chi connectivity index (χ0) is 16.4. The Morgan fingerprint density at radius 3 is 2.75 bits per heavy atom. The zero-order valence-electron chi connectivity index (χ0n) is 13.0. The Bertz CT molecular complexity index is 816. The third kappa shape index (κ3) is 2.67. The highest BCUT2D eigenvalue weighted by Crippen LogP contribution is 2.33. The molecule has 1 saturated heterocycles. The van der Waals surface area contributed by atoms with Crippen molar-refractivity contribution < 1.29 is 9.21 Å². The van der Waals surface area contributed by atoms with E-state index in [4.69, 9.17) is 4.42 Å². The number of aromatic nitrogens is 3. The van der Waals surface area contributed by atoms with Crippen molar-refractivity contribution in [1.29, 1.82) is 0 Å². The summed E-state index contributed by atoms with van der Waals surface area (Å²) < 4.78 is 5.48.